The molecule has 1 N–H and O–H groups in total. The summed E-state index contributed by atoms with van der Waals surface area (Å²) in [5, 5.41) is 11.3. The molecule has 92 valence electrons. The lowest BCUT2D eigenvalue weighted by molar-refractivity contribution is 0.125. The molecule has 5 heteroatoms. The molecule has 0 amide bonds. The van der Waals surface area contributed by atoms with Crippen LogP contribution < -0.4 is 5.32 Å². The van der Waals surface area contributed by atoms with Gasteiger partial charge < -0.3 is 10.1 Å². The Hall–Kier alpha value is -0.940. The van der Waals surface area contributed by atoms with E-state index >= 15 is 0 Å². The van der Waals surface area contributed by atoms with Gasteiger partial charge in [0.1, 0.15) is 0 Å². The van der Waals surface area contributed by atoms with Crippen molar-refractivity contribution in [3.63, 3.8) is 0 Å². The zero-order chi connectivity index (χ0) is 11.8. The summed E-state index contributed by atoms with van der Waals surface area (Å²) in [6, 6.07) is 0.411. The van der Waals surface area contributed by atoms with E-state index in [1.54, 1.807) is 4.68 Å². The van der Waals surface area contributed by atoms with E-state index in [1.165, 1.54) is 0 Å². The standard InChI is InChI=1S/C11H22N4O/c1-4-6-16-7-5-10(12-2)8-11-9-15(3)14-13-11/h9-10,12H,4-8H2,1-3H3. The number of hydrogen-bond donors (Lipinski definition) is 1. The van der Waals surface area contributed by atoms with E-state index in [0.717, 1.165) is 38.2 Å². The molecule has 0 saturated heterocycles. The van der Waals surface area contributed by atoms with Crippen molar-refractivity contribution < 1.29 is 4.74 Å². The smallest absolute Gasteiger partial charge is 0.0842 e. The van der Waals surface area contributed by atoms with E-state index in [0.29, 0.717) is 6.04 Å². The van der Waals surface area contributed by atoms with Gasteiger partial charge in [-0.1, -0.05) is 12.1 Å². The average Bonchev–Trinajstić information content (AvgIpc) is 2.68. The molecule has 1 heterocycles. The molecule has 1 aromatic heterocycles. The van der Waals surface area contributed by atoms with Crippen LogP contribution in [0.4, 0.5) is 0 Å². The van der Waals surface area contributed by atoms with Crippen LogP contribution in [0.1, 0.15) is 25.5 Å². The normalized spacial score (nSPS) is 12.9. The molecule has 0 saturated carbocycles. The highest BCUT2D eigenvalue weighted by molar-refractivity contribution is 4.95. The van der Waals surface area contributed by atoms with E-state index in [-0.39, 0.29) is 0 Å². The Balaban J connectivity index is 2.26. The number of ether oxygens (including phenoxy) is 1. The molecule has 1 aromatic rings. The van der Waals surface area contributed by atoms with E-state index in [1.807, 2.05) is 20.3 Å². The molecule has 0 aliphatic carbocycles. The summed E-state index contributed by atoms with van der Waals surface area (Å²) in [5.41, 5.74) is 1.03. The molecule has 0 bridgehead atoms. The first-order valence-corrected chi connectivity index (χ1v) is 5.86. The Kier molecular flexibility index (Phi) is 6.03. The third kappa shape index (κ3) is 4.72. The van der Waals surface area contributed by atoms with Crippen LogP contribution in [-0.4, -0.2) is 41.3 Å². The number of hydrogen-bond acceptors (Lipinski definition) is 4. The summed E-state index contributed by atoms with van der Waals surface area (Å²) >= 11 is 0. The Labute approximate surface area is 97.2 Å². The molecule has 1 unspecified atom stereocenters. The van der Waals surface area contributed by atoms with Gasteiger partial charge in [-0.25, -0.2) is 0 Å². The zero-order valence-corrected chi connectivity index (χ0v) is 10.4. The second-order valence-corrected chi connectivity index (χ2v) is 3.97. The van der Waals surface area contributed by atoms with Crippen LogP contribution in [-0.2, 0) is 18.2 Å². The maximum Gasteiger partial charge on any atom is 0.0842 e. The maximum absolute atomic E-state index is 5.48. The van der Waals surface area contributed by atoms with Gasteiger partial charge in [0.05, 0.1) is 5.69 Å². The van der Waals surface area contributed by atoms with Crippen molar-refractivity contribution in [2.45, 2.75) is 32.2 Å². The van der Waals surface area contributed by atoms with Gasteiger partial charge in [0, 0.05) is 38.9 Å². The lowest BCUT2D eigenvalue weighted by Crippen LogP contribution is -2.29. The predicted octanol–water partition coefficient (Wildman–Crippen LogP) is 0.762. The van der Waals surface area contributed by atoms with Gasteiger partial charge >= 0.3 is 0 Å². The molecule has 0 spiro atoms. The zero-order valence-electron chi connectivity index (χ0n) is 10.4. The van der Waals surface area contributed by atoms with Crippen LogP contribution in [0.5, 0.6) is 0 Å². The van der Waals surface area contributed by atoms with E-state index in [9.17, 15) is 0 Å². The minimum atomic E-state index is 0.411. The molecule has 5 nitrogen and oxygen atoms in total. The van der Waals surface area contributed by atoms with Gasteiger partial charge in [0.2, 0.25) is 0 Å². The fourth-order valence-electron chi connectivity index (χ4n) is 1.56. The number of aromatic nitrogens is 3. The van der Waals surface area contributed by atoms with Gasteiger partial charge in [-0.15, -0.1) is 5.10 Å². The van der Waals surface area contributed by atoms with Crippen molar-refractivity contribution >= 4 is 0 Å². The summed E-state index contributed by atoms with van der Waals surface area (Å²) in [6.45, 7) is 3.77. The highest BCUT2D eigenvalue weighted by Crippen LogP contribution is 2.02. The molecule has 16 heavy (non-hydrogen) atoms. The first kappa shape index (κ1) is 13.1. The van der Waals surface area contributed by atoms with Crippen LogP contribution >= 0.6 is 0 Å². The number of rotatable bonds is 8. The Bertz CT molecular complexity index is 287. The summed E-state index contributed by atoms with van der Waals surface area (Å²) < 4.78 is 7.21. The monoisotopic (exact) mass is 226 g/mol. The third-order valence-corrected chi connectivity index (χ3v) is 2.47. The van der Waals surface area contributed by atoms with E-state index in [4.69, 9.17) is 4.74 Å². The van der Waals surface area contributed by atoms with Crippen molar-refractivity contribution in [2.24, 2.45) is 7.05 Å². The molecule has 0 radical (unpaired) electrons. The maximum atomic E-state index is 5.48. The molecular formula is C11H22N4O. The topological polar surface area (TPSA) is 52.0 Å². The highest BCUT2D eigenvalue weighted by atomic mass is 16.5. The van der Waals surface area contributed by atoms with Crippen LogP contribution in [0.15, 0.2) is 6.20 Å². The van der Waals surface area contributed by atoms with Crippen LogP contribution in [0.3, 0.4) is 0 Å². The van der Waals surface area contributed by atoms with Gasteiger partial charge in [0.25, 0.3) is 0 Å². The number of likely N-dealkylation sites (N-methyl/N-ethyl adjacent to an activating group) is 1. The van der Waals surface area contributed by atoms with Crippen molar-refractivity contribution in [1.82, 2.24) is 20.3 Å². The van der Waals surface area contributed by atoms with Gasteiger partial charge in [-0.05, 0) is 19.9 Å². The Morgan fingerprint density at radius 2 is 2.31 bits per heavy atom. The molecule has 0 fully saturated rings. The van der Waals surface area contributed by atoms with Crippen LogP contribution in [0, 0.1) is 0 Å². The van der Waals surface area contributed by atoms with Gasteiger partial charge in [0.15, 0.2) is 0 Å². The molecule has 0 aliphatic rings. The largest absolute Gasteiger partial charge is 0.381 e. The SMILES string of the molecule is CCCOCCC(Cc1cn(C)nn1)NC. The molecule has 1 rings (SSSR count). The fourth-order valence-corrected chi connectivity index (χ4v) is 1.56. The second-order valence-electron chi connectivity index (χ2n) is 3.97. The third-order valence-electron chi connectivity index (χ3n) is 2.47. The lowest BCUT2D eigenvalue weighted by atomic mass is 10.1. The molecular weight excluding hydrogens is 204 g/mol. The number of nitrogens with zero attached hydrogens (tertiary/aromatic N) is 3. The van der Waals surface area contributed by atoms with Crippen molar-refractivity contribution in [2.75, 3.05) is 20.3 Å². The first-order chi connectivity index (χ1) is 7.76. The van der Waals surface area contributed by atoms with Crippen molar-refractivity contribution in [1.29, 1.82) is 0 Å². The van der Waals surface area contributed by atoms with Gasteiger partial charge in [-0.3, -0.25) is 4.68 Å². The average molecular weight is 226 g/mol. The molecule has 1 atom stereocenters. The highest BCUT2D eigenvalue weighted by Gasteiger charge is 2.09. The summed E-state index contributed by atoms with van der Waals surface area (Å²) in [6.07, 6.45) is 4.94. The quantitative estimate of drug-likeness (QED) is 0.665. The second kappa shape index (κ2) is 7.35. The Morgan fingerprint density at radius 1 is 1.50 bits per heavy atom. The lowest BCUT2D eigenvalue weighted by Gasteiger charge is -2.14. The number of nitrogens with one attached hydrogen (secondary N) is 1. The molecule has 0 aliphatic heterocycles. The minimum Gasteiger partial charge on any atom is -0.381 e. The predicted molar refractivity (Wildman–Crippen MR) is 63.3 cm³/mol. The fraction of sp³-hybridized carbons (Fsp3) is 0.818. The summed E-state index contributed by atoms with van der Waals surface area (Å²) in [4.78, 5) is 0. The summed E-state index contributed by atoms with van der Waals surface area (Å²) in [7, 11) is 3.86. The van der Waals surface area contributed by atoms with Crippen LogP contribution in [0.25, 0.3) is 0 Å². The first-order valence-electron chi connectivity index (χ1n) is 5.86. The van der Waals surface area contributed by atoms with Crippen molar-refractivity contribution in [3.8, 4) is 0 Å². The summed E-state index contributed by atoms with van der Waals surface area (Å²) in [5.74, 6) is 0. The van der Waals surface area contributed by atoms with Crippen LogP contribution in [0.2, 0.25) is 0 Å². The molecule has 0 aromatic carbocycles. The van der Waals surface area contributed by atoms with E-state index in [2.05, 4.69) is 22.6 Å². The number of aryl methyl sites for hydroxylation is 1. The van der Waals surface area contributed by atoms with E-state index < -0.39 is 0 Å². The van der Waals surface area contributed by atoms with Gasteiger partial charge in [-0.2, -0.15) is 0 Å². The van der Waals surface area contributed by atoms with Crippen molar-refractivity contribution in [3.05, 3.63) is 11.9 Å². The minimum absolute atomic E-state index is 0.411. The Morgan fingerprint density at radius 3 is 2.88 bits per heavy atom.